The molecule has 0 aliphatic rings. The Balaban J connectivity index is 1.91. The van der Waals surface area contributed by atoms with E-state index in [-0.39, 0.29) is 19.0 Å². The highest BCUT2D eigenvalue weighted by Crippen LogP contribution is 2.13. The van der Waals surface area contributed by atoms with E-state index in [0.29, 0.717) is 11.3 Å². The van der Waals surface area contributed by atoms with Crippen molar-refractivity contribution in [3.63, 3.8) is 0 Å². The molecule has 0 unspecified atom stereocenters. The minimum atomic E-state index is -0.0377. The van der Waals surface area contributed by atoms with Crippen molar-refractivity contribution >= 4 is 5.78 Å². The number of ketones is 1. The molecule has 0 spiro atoms. The lowest BCUT2D eigenvalue weighted by Gasteiger charge is -2.07. The number of carbonyl (C=O) groups is 1. The van der Waals surface area contributed by atoms with Gasteiger partial charge in [-0.25, -0.2) is 0 Å². The molecule has 0 aromatic heterocycles. The zero-order valence-corrected chi connectivity index (χ0v) is 12.2. The van der Waals surface area contributed by atoms with Crippen molar-refractivity contribution in [2.45, 2.75) is 26.4 Å². The third-order valence-corrected chi connectivity index (χ3v) is 3.29. The van der Waals surface area contributed by atoms with Crippen molar-refractivity contribution in [2.75, 3.05) is 6.61 Å². The van der Waals surface area contributed by atoms with Crippen LogP contribution in [0.1, 0.15) is 34.8 Å². The number of hydrogen-bond acceptors (Lipinski definition) is 3. The predicted molar refractivity (Wildman–Crippen MR) is 82.6 cm³/mol. The standard InChI is InChI=1S/C18H20O3/c1-2-3-14-4-8-16(9-5-14)18(20)13-21-17-10-6-15(12-19)7-11-17/h4-11,19H,2-3,12-13H2,1H3. The van der Waals surface area contributed by atoms with E-state index in [1.54, 1.807) is 24.3 Å². The lowest BCUT2D eigenvalue weighted by atomic mass is 10.1. The van der Waals surface area contributed by atoms with Gasteiger partial charge in [-0.1, -0.05) is 49.7 Å². The molecular weight excluding hydrogens is 264 g/mol. The fourth-order valence-corrected chi connectivity index (χ4v) is 2.07. The first-order valence-corrected chi connectivity index (χ1v) is 7.17. The summed E-state index contributed by atoms with van der Waals surface area (Å²) >= 11 is 0. The molecule has 0 aliphatic carbocycles. The van der Waals surface area contributed by atoms with Crippen LogP contribution in [0.5, 0.6) is 5.75 Å². The summed E-state index contributed by atoms with van der Waals surface area (Å²) in [6.07, 6.45) is 2.13. The molecule has 3 heteroatoms. The molecular formula is C18H20O3. The highest BCUT2D eigenvalue weighted by molar-refractivity contribution is 5.97. The van der Waals surface area contributed by atoms with Gasteiger partial charge in [0, 0.05) is 5.56 Å². The highest BCUT2D eigenvalue weighted by Gasteiger charge is 2.07. The first-order valence-electron chi connectivity index (χ1n) is 7.17. The molecule has 0 amide bonds. The van der Waals surface area contributed by atoms with Crippen LogP contribution in [0.15, 0.2) is 48.5 Å². The molecule has 2 aromatic carbocycles. The second kappa shape index (κ2) is 7.60. The Morgan fingerprint density at radius 2 is 1.62 bits per heavy atom. The van der Waals surface area contributed by atoms with Crippen molar-refractivity contribution < 1.29 is 14.6 Å². The molecule has 0 bridgehead atoms. The van der Waals surface area contributed by atoms with E-state index in [1.807, 2.05) is 24.3 Å². The van der Waals surface area contributed by atoms with Crippen LogP contribution in [0, 0.1) is 0 Å². The average Bonchev–Trinajstić information content (AvgIpc) is 2.54. The van der Waals surface area contributed by atoms with E-state index in [0.717, 1.165) is 18.4 Å². The van der Waals surface area contributed by atoms with Crippen molar-refractivity contribution in [3.8, 4) is 5.75 Å². The average molecular weight is 284 g/mol. The van der Waals surface area contributed by atoms with Gasteiger partial charge in [0.15, 0.2) is 12.4 Å². The molecule has 110 valence electrons. The van der Waals surface area contributed by atoms with Crippen molar-refractivity contribution in [1.82, 2.24) is 0 Å². The van der Waals surface area contributed by atoms with Gasteiger partial charge >= 0.3 is 0 Å². The van der Waals surface area contributed by atoms with Crippen LogP contribution >= 0.6 is 0 Å². The number of aliphatic hydroxyl groups excluding tert-OH is 1. The predicted octanol–water partition coefficient (Wildman–Crippen LogP) is 3.39. The Hall–Kier alpha value is -2.13. The summed E-state index contributed by atoms with van der Waals surface area (Å²) < 4.78 is 5.47. The summed E-state index contributed by atoms with van der Waals surface area (Å²) in [4.78, 5) is 12.0. The van der Waals surface area contributed by atoms with Crippen LogP contribution in [-0.4, -0.2) is 17.5 Å². The third kappa shape index (κ3) is 4.43. The zero-order chi connectivity index (χ0) is 15.1. The number of aryl methyl sites for hydroxylation is 1. The first kappa shape index (κ1) is 15.3. The second-order valence-electron chi connectivity index (χ2n) is 4.96. The highest BCUT2D eigenvalue weighted by atomic mass is 16.5. The van der Waals surface area contributed by atoms with Gasteiger partial charge in [-0.15, -0.1) is 0 Å². The molecule has 0 radical (unpaired) electrons. The smallest absolute Gasteiger partial charge is 0.200 e. The number of benzene rings is 2. The molecule has 0 atom stereocenters. The number of hydrogen-bond donors (Lipinski definition) is 1. The van der Waals surface area contributed by atoms with E-state index in [2.05, 4.69) is 6.92 Å². The molecule has 21 heavy (non-hydrogen) atoms. The fourth-order valence-electron chi connectivity index (χ4n) is 2.07. The van der Waals surface area contributed by atoms with Crippen LogP contribution < -0.4 is 4.74 Å². The maximum atomic E-state index is 12.0. The van der Waals surface area contributed by atoms with Crippen molar-refractivity contribution in [2.24, 2.45) is 0 Å². The van der Waals surface area contributed by atoms with Gasteiger partial charge in [0.2, 0.25) is 0 Å². The Bertz CT molecular complexity index is 570. The van der Waals surface area contributed by atoms with Crippen LogP contribution in [0.2, 0.25) is 0 Å². The van der Waals surface area contributed by atoms with Gasteiger partial charge in [0.25, 0.3) is 0 Å². The Morgan fingerprint density at radius 3 is 2.19 bits per heavy atom. The normalized spacial score (nSPS) is 10.4. The van der Waals surface area contributed by atoms with Crippen LogP contribution in [0.3, 0.4) is 0 Å². The number of rotatable bonds is 7. The summed E-state index contributed by atoms with van der Waals surface area (Å²) in [5.41, 5.74) is 2.73. The van der Waals surface area contributed by atoms with E-state index in [1.165, 1.54) is 5.56 Å². The van der Waals surface area contributed by atoms with Gasteiger partial charge in [-0.3, -0.25) is 4.79 Å². The molecule has 2 aromatic rings. The largest absolute Gasteiger partial charge is 0.485 e. The van der Waals surface area contributed by atoms with E-state index >= 15 is 0 Å². The quantitative estimate of drug-likeness (QED) is 0.793. The molecule has 0 fully saturated rings. The number of Topliss-reactive ketones (excluding diaryl/α,β-unsaturated/α-hetero) is 1. The first-order chi connectivity index (χ1) is 10.2. The number of aliphatic hydroxyl groups is 1. The molecule has 0 saturated heterocycles. The van der Waals surface area contributed by atoms with E-state index in [9.17, 15) is 4.79 Å². The van der Waals surface area contributed by atoms with Crippen molar-refractivity contribution in [1.29, 1.82) is 0 Å². The summed E-state index contributed by atoms with van der Waals surface area (Å²) in [6.45, 7) is 2.16. The van der Waals surface area contributed by atoms with Crippen molar-refractivity contribution in [3.05, 3.63) is 65.2 Å². The topological polar surface area (TPSA) is 46.5 Å². The van der Waals surface area contributed by atoms with Crippen LogP contribution in [0.25, 0.3) is 0 Å². The minimum absolute atomic E-state index is 0.00329. The van der Waals surface area contributed by atoms with Crippen LogP contribution in [-0.2, 0) is 13.0 Å². The fraction of sp³-hybridized carbons (Fsp3) is 0.278. The summed E-state index contributed by atoms with van der Waals surface area (Å²) in [6, 6.07) is 14.8. The van der Waals surface area contributed by atoms with Crippen LogP contribution in [0.4, 0.5) is 0 Å². The molecule has 0 saturated carbocycles. The summed E-state index contributed by atoms with van der Waals surface area (Å²) in [7, 11) is 0. The van der Waals surface area contributed by atoms with E-state index in [4.69, 9.17) is 9.84 Å². The van der Waals surface area contributed by atoms with E-state index < -0.39 is 0 Å². The molecule has 0 heterocycles. The summed E-state index contributed by atoms with van der Waals surface area (Å²) in [5, 5.41) is 8.96. The second-order valence-corrected chi connectivity index (χ2v) is 4.96. The molecule has 3 nitrogen and oxygen atoms in total. The van der Waals surface area contributed by atoms with Gasteiger partial charge in [-0.2, -0.15) is 0 Å². The van der Waals surface area contributed by atoms with Gasteiger partial charge < -0.3 is 9.84 Å². The Labute approximate surface area is 125 Å². The lowest BCUT2D eigenvalue weighted by molar-refractivity contribution is 0.0921. The van der Waals surface area contributed by atoms with Gasteiger partial charge in [0.05, 0.1) is 6.61 Å². The maximum absolute atomic E-state index is 12.0. The Morgan fingerprint density at radius 1 is 1.00 bits per heavy atom. The summed E-state index contributed by atoms with van der Waals surface area (Å²) in [5.74, 6) is 0.590. The lowest BCUT2D eigenvalue weighted by Crippen LogP contribution is -2.11. The molecule has 0 aliphatic heterocycles. The maximum Gasteiger partial charge on any atom is 0.200 e. The van der Waals surface area contributed by atoms with Gasteiger partial charge in [0.1, 0.15) is 5.75 Å². The van der Waals surface area contributed by atoms with Gasteiger partial charge in [-0.05, 0) is 29.7 Å². The Kier molecular flexibility index (Phi) is 5.52. The third-order valence-electron chi connectivity index (χ3n) is 3.29. The monoisotopic (exact) mass is 284 g/mol. The molecule has 2 rings (SSSR count). The minimum Gasteiger partial charge on any atom is -0.485 e. The molecule has 1 N–H and O–H groups in total. The SMILES string of the molecule is CCCc1ccc(C(=O)COc2ccc(CO)cc2)cc1. The number of ether oxygens (including phenoxy) is 1. The number of carbonyl (C=O) groups excluding carboxylic acids is 1. The zero-order valence-electron chi connectivity index (χ0n) is 12.2.